The summed E-state index contributed by atoms with van der Waals surface area (Å²) >= 11 is 0. The van der Waals surface area contributed by atoms with Crippen molar-refractivity contribution in [3.63, 3.8) is 0 Å². The molecule has 1 amide bonds. The van der Waals surface area contributed by atoms with E-state index in [0.29, 0.717) is 6.54 Å². The molecule has 1 aromatic rings. The molecule has 5 heteroatoms. The van der Waals surface area contributed by atoms with E-state index < -0.39 is 12.1 Å². The van der Waals surface area contributed by atoms with Crippen LogP contribution < -0.4 is 0 Å². The molecule has 1 rings (SSSR count). The highest BCUT2D eigenvalue weighted by Gasteiger charge is 2.20. The van der Waals surface area contributed by atoms with Crippen molar-refractivity contribution < 1.29 is 14.3 Å². The van der Waals surface area contributed by atoms with Crippen molar-refractivity contribution in [2.24, 2.45) is 0 Å². The van der Waals surface area contributed by atoms with Gasteiger partial charge in [-0.05, 0) is 31.1 Å². The Bertz CT molecular complexity index is 602. The first-order valence-electron chi connectivity index (χ1n) is 7.02. The standard InChI is InChI=1S/C17H20N2O3/c1-13-7-4-5-8-15(13)9-10-16(20)22-14(2)17(21)19(3)12-6-11-18/h4-5,7-10,14H,6,12H2,1-3H3/b10-9+/t14-/m1/s1. The minimum atomic E-state index is -0.877. The number of likely N-dealkylation sites (N-methyl/N-ethyl adjacent to an activating group) is 1. The molecule has 0 aromatic heterocycles. The zero-order chi connectivity index (χ0) is 16.5. The highest BCUT2D eigenvalue weighted by molar-refractivity contribution is 5.90. The van der Waals surface area contributed by atoms with Crippen molar-refractivity contribution in [1.82, 2.24) is 4.90 Å². The average molecular weight is 300 g/mol. The minimum Gasteiger partial charge on any atom is -0.449 e. The van der Waals surface area contributed by atoms with E-state index in [4.69, 9.17) is 10.00 Å². The van der Waals surface area contributed by atoms with Crippen molar-refractivity contribution in [2.75, 3.05) is 13.6 Å². The number of esters is 1. The molecule has 0 radical (unpaired) electrons. The van der Waals surface area contributed by atoms with Crippen LogP contribution >= 0.6 is 0 Å². The van der Waals surface area contributed by atoms with E-state index in [0.717, 1.165) is 11.1 Å². The Hall–Kier alpha value is -2.61. The molecular formula is C17H20N2O3. The van der Waals surface area contributed by atoms with Crippen LogP contribution in [0.1, 0.15) is 24.5 Å². The fraction of sp³-hybridized carbons (Fsp3) is 0.353. The predicted octanol–water partition coefficient (Wildman–Crippen LogP) is 2.31. The van der Waals surface area contributed by atoms with Crippen LogP contribution in [0.15, 0.2) is 30.3 Å². The molecule has 0 bridgehead atoms. The molecular weight excluding hydrogens is 280 g/mol. The largest absolute Gasteiger partial charge is 0.449 e. The van der Waals surface area contributed by atoms with E-state index in [1.807, 2.05) is 37.3 Å². The fourth-order valence-electron chi connectivity index (χ4n) is 1.83. The van der Waals surface area contributed by atoms with Crippen LogP contribution in [0.3, 0.4) is 0 Å². The Labute approximate surface area is 130 Å². The molecule has 0 spiro atoms. The monoisotopic (exact) mass is 300 g/mol. The first-order valence-corrected chi connectivity index (χ1v) is 7.02. The summed E-state index contributed by atoms with van der Waals surface area (Å²) in [7, 11) is 1.58. The summed E-state index contributed by atoms with van der Waals surface area (Å²) in [5.41, 5.74) is 1.97. The second kappa shape index (κ2) is 8.63. The Morgan fingerprint density at radius 2 is 2.09 bits per heavy atom. The quantitative estimate of drug-likeness (QED) is 0.597. The molecule has 22 heavy (non-hydrogen) atoms. The Morgan fingerprint density at radius 1 is 1.41 bits per heavy atom. The van der Waals surface area contributed by atoms with E-state index in [2.05, 4.69) is 0 Å². The summed E-state index contributed by atoms with van der Waals surface area (Å²) in [6.45, 7) is 3.78. The molecule has 0 N–H and O–H groups in total. The number of aryl methyl sites for hydroxylation is 1. The molecule has 1 atom stereocenters. The van der Waals surface area contributed by atoms with Crippen LogP contribution in [0.2, 0.25) is 0 Å². The Morgan fingerprint density at radius 3 is 2.73 bits per heavy atom. The van der Waals surface area contributed by atoms with Crippen LogP contribution in [-0.4, -0.2) is 36.5 Å². The predicted molar refractivity (Wildman–Crippen MR) is 83.6 cm³/mol. The lowest BCUT2D eigenvalue weighted by Crippen LogP contribution is -2.37. The van der Waals surface area contributed by atoms with E-state index in [9.17, 15) is 9.59 Å². The maximum atomic E-state index is 11.9. The maximum Gasteiger partial charge on any atom is 0.331 e. The molecule has 0 unspecified atom stereocenters. The fourth-order valence-corrected chi connectivity index (χ4v) is 1.83. The van der Waals surface area contributed by atoms with Crippen LogP contribution in [0, 0.1) is 18.3 Å². The molecule has 0 fully saturated rings. The van der Waals surface area contributed by atoms with Gasteiger partial charge in [-0.25, -0.2) is 4.79 Å². The van der Waals surface area contributed by atoms with Crippen LogP contribution in [0.25, 0.3) is 6.08 Å². The van der Waals surface area contributed by atoms with Gasteiger partial charge in [-0.3, -0.25) is 4.79 Å². The summed E-state index contributed by atoms with van der Waals surface area (Å²) in [6, 6.07) is 9.60. The number of nitrogens with zero attached hydrogens (tertiary/aromatic N) is 2. The molecule has 0 saturated heterocycles. The second-order valence-electron chi connectivity index (χ2n) is 4.94. The first-order chi connectivity index (χ1) is 10.5. The normalized spacial score (nSPS) is 11.7. The number of carbonyl (C=O) groups is 2. The van der Waals surface area contributed by atoms with Crippen molar-refractivity contribution in [3.8, 4) is 6.07 Å². The molecule has 0 heterocycles. The lowest BCUT2D eigenvalue weighted by molar-refractivity contribution is -0.154. The van der Waals surface area contributed by atoms with Gasteiger partial charge in [0, 0.05) is 19.7 Å². The maximum absolute atomic E-state index is 11.9. The number of hydrogen-bond donors (Lipinski definition) is 0. The number of nitriles is 1. The summed E-state index contributed by atoms with van der Waals surface area (Å²) in [4.78, 5) is 25.1. The van der Waals surface area contributed by atoms with Crippen molar-refractivity contribution in [3.05, 3.63) is 41.5 Å². The topological polar surface area (TPSA) is 70.4 Å². The lowest BCUT2D eigenvalue weighted by atomic mass is 10.1. The van der Waals surface area contributed by atoms with Gasteiger partial charge in [0.25, 0.3) is 5.91 Å². The molecule has 5 nitrogen and oxygen atoms in total. The van der Waals surface area contributed by atoms with Gasteiger partial charge < -0.3 is 9.64 Å². The lowest BCUT2D eigenvalue weighted by Gasteiger charge is -2.19. The molecule has 0 aliphatic carbocycles. The van der Waals surface area contributed by atoms with E-state index in [1.54, 1.807) is 13.1 Å². The molecule has 0 aliphatic heterocycles. The Kier molecular flexibility index (Phi) is 6.84. The number of hydrogen-bond acceptors (Lipinski definition) is 4. The number of carbonyl (C=O) groups excluding carboxylic acids is 2. The highest BCUT2D eigenvalue weighted by atomic mass is 16.5. The number of ether oxygens (including phenoxy) is 1. The zero-order valence-electron chi connectivity index (χ0n) is 13.1. The highest BCUT2D eigenvalue weighted by Crippen LogP contribution is 2.09. The molecule has 0 aliphatic rings. The van der Waals surface area contributed by atoms with Gasteiger partial charge in [0.1, 0.15) is 0 Å². The minimum absolute atomic E-state index is 0.246. The molecule has 116 valence electrons. The molecule has 0 saturated carbocycles. The third-order valence-electron chi connectivity index (χ3n) is 3.16. The van der Waals surface area contributed by atoms with E-state index in [1.165, 1.54) is 17.9 Å². The van der Waals surface area contributed by atoms with Gasteiger partial charge in [-0.15, -0.1) is 0 Å². The summed E-state index contributed by atoms with van der Waals surface area (Å²) in [6.07, 6.45) is 2.34. The van der Waals surface area contributed by atoms with E-state index >= 15 is 0 Å². The van der Waals surface area contributed by atoms with Gasteiger partial charge in [0.05, 0.1) is 12.5 Å². The smallest absolute Gasteiger partial charge is 0.331 e. The van der Waals surface area contributed by atoms with Crippen LogP contribution in [0.5, 0.6) is 0 Å². The van der Waals surface area contributed by atoms with Crippen molar-refractivity contribution in [1.29, 1.82) is 5.26 Å². The summed E-state index contributed by atoms with van der Waals surface area (Å²) in [5, 5.41) is 8.50. The van der Waals surface area contributed by atoms with E-state index in [-0.39, 0.29) is 12.3 Å². The van der Waals surface area contributed by atoms with Gasteiger partial charge in [0.15, 0.2) is 6.10 Å². The first kappa shape index (κ1) is 17.4. The van der Waals surface area contributed by atoms with Crippen LogP contribution in [-0.2, 0) is 14.3 Å². The number of amides is 1. The van der Waals surface area contributed by atoms with Gasteiger partial charge in [-0.2, -0.15) is 5.26 Å². The second-order valence-corrected chi connectivity index (χ2v) is 4.94. The van der Waals surface area contributed by atoms with Gasteiger partial charge in [-0.1, -0.05) is 24.3 Å². The SMILES string of the molecule is Cc1ccccc1/C=C/C(=O)O[C@H](C)C(=O)N(C)CCC#N. The zero-order valence-corrected chi connectivity index (χ0v) is 13.1. The third-order valence-corrected chi connectivity index (χ3v) is 3.16. The van der Waals surface area contributed by atoms with Crippen LogP contribution in [0.4, 0.5) is 0 Å². The summed E-state index contributed by atoms with van der Waals surface area (Å²) < 4.78 is 5.07. The number of benzene rings is 1. The van der Waals surface area contributed by atoms with Crippen molar-refractivity contribution >= 4 is 18.0 Å². The molecule has 1 aromatic carbocycles. The number of rotatable bonds is 6. The summed E-state index contributed by atoms with van der Waals surface area (Å²) in [5.74, 6) is -0.898. The average Bonchev–Trinajstić information content (AvgIpc) is 2.50. The van der Waals surface area contributed by atoms with Gasteiger partial charge >= 0.3 is 5.97 Å². The van der Waals surface area contributed by atoms with Gasteiger partial charge in [0.2, 0.25) is 0 Å². The third kappa shape index (κ3) is 5.41. The Balaban J connectivity index is 2.56. The van der Waals surface area contributed by atoms with Crippen molar-refractivity contribution in [2.45, 2.75) is 26.4 Å².